The fourth-order valence-corrected chi connectivity index (χ4v) is 5.85. The van der Waals surface area contributed by atoms with Gasteiger partial charge in [-0.25, -0.2) is 18.9 Å². The van der Waals surface area contributed by atoms with E-state index in [2.05, 4.69) is 61.1 Å². The normalized spacial score (nSPS) is 11.6. The number of sulfone groups is 1. The average molecular weight is 733 g/mol. The molecule has 0 aliphatic heterocycles. The number of hydrogen-bond donors (Lipinski definition) is 6. The molecule has 0 radical (unpaired) electrons. The van der Waals surface area contributed by atoms with Crippen LogP contribution in [0.4, 0.5) is 40.3 Å². The van der Waals surface area contributed by atoms with Crippen LogP contribution in [-0.4, -0.2) is 39.0 Å². The van der Waals surface area contributed by atoms with Gasteiger partial charge in [-0.15, -0.1) is 18.9 Å². The lowest BCUT2D eigenvalue weighted by Gasteiger charge is -2.11. The van der Waals surface area contributed by atoms with E-state index in [0.29, 0.717) is 56.0 Å². The zero-order valence-corrected chi connectivity index (χ0v) is 27.0. The molecule has 7 N–H and O–H groups in total. The van der Waals surface area contributed by atoms with E-state index in [-0.39, 0.29) is 44.9 Å². The number of nitrogens with one attached hydrogen (secondary N) is 2. The molecule has 0 spiro atoms. The number of halogens is 1. The van der Waals surface area contributed by atoms with Crippen molar-refractivity contribution in [3.05, 3.63) is 84.0 Å². The second-order valence-electron chi connectivity index (χ2n) is 9.12. The first-order valence-corrected chi connectivity index (χ1v) is 16.3. The van der Waals surface area contributed by atoms with Crippen LogP contribution in [-0.2, 0) is 28.6 Å². The van der Waals surface area contributed by atoms with Gasteiger partial charge in [0.1, 0.15) is 17.1 Å². The van der Waals surface area contributed by atoms with Gasteiger partial charge in [-0.2, -0.15) is 15.0 Å². The van der Waals surface area contributed by atoms with Crippen molar-refractivity contribution >= 4 is 96.6 Å². The van der Waals surface area contributed by atoms with Gasteiger partial charge in [-0.1, -0.05) is 22.7 Å². The number of hydrogen-bond acceptors (Lipinski definition) is 19. The van der Waals surface area contributed by atoms with Gasteiger partial charge in [0.05, 0.1) is 45.0 Å². The van der Waals surface area contributed by atoms with Crippen LogP contribution in [0.3, 0.4) is 0 Å². The van der Waals surface area contributed by atoms with Crippen LogP contribution >= 0.6 is 35.7 Å². The molecule has 0 atom stereocenters. The molecule has 0 aliphatic rings. The highest BCUT2D eigenvalue weighted by Gasteiger charge is 2.15. The zero-order chi connectivity index (χ0) is 34.3. The van der Waals surface area contributed by atoms with Crippen molar-refractivity contribution in [1.29, 1.82) is 0 Å². The largest absolute Gasteiger partial charge is 0.507 e. The van der Waals surface area contributed by atoms with Crippen molar-refractivity contribution < 1.29 is 42.8 Å². The summed E-state index contributed by atoms with van der Waals surface area (Å²) in [7, 11) is -3.59. The standard InChI is InChI=1S/C27H21ClN8O9S3/c1-2-48(40,41)18-7-4-15(5-8-18)30-26-32-25(28)33-27(34-26)31-16-6-10-20(22(12-16)47-45-43-39)35-36-24-19(29)9-3-14-11-17(46-44-42-38)13-21(37)23(14)24/h2-13,37-39H,1,29H2,(H2,30,31,32,33,34)/b36-35+. The Morgan fingerprint density at radius 1 is 0.875 bits per heavy atom. The third kappa shape index (κ3) is 8.45. The predicted molar refractivity (Wildman–Crippen MR) is 177 cm³/mol. The third-order valence-electron chi connectivity index (χ3n) is 6.13. The molecule has 0 unspecified atom stereocenters. The van der Waals surface area contributed by atoms with Crippen molar-refractivity contribution in [3.63, 3.8) is 0 Å². The van der Waals surface area contributed by atoms with Crippen molar-refractivity contribution in [2.75, 3.05) is 16.4 Å². The maximum absolute atomic E-state index is 12.0. The lowest BCUT2D eigenvalue weighted by Crippen LogP contribution is -2.04. The second-order valence-corrected chi connectivity index (χ2v) is 12.9. The molecule has 0 aliphatic carbocycles. The molecule has 0 saturated carbocycles. The highest BCUT2D eigenvalue weighted by Crippen LogP contribution is 2.42. The van der Waals surface area contributed by atoms with Crippen LogP contribution in [0, 0.1) is 0 Å². The number of nitrogens with zero attached hydrogens (tertiary/aromatic N) is 5. The van der Waals surface area contributed by atoms with Crippen molar-refractivity contribution in [2.45, 2.75) is 14.7 Å². The molecule has 21 heteroatoms. The summed E-state index contributed by atoms with van der Waals surface area (Å²) >= 11 is 7.40. The fourth-order valence-electron chi connectivity index (χ4n) is 4.07. The summed E-state index contributed by atoms with van der Waals surface area (Å²) in [6.45, 7) is 3.31. The smallest absolute Gasteiger partial charge is 0.233 e. The number of anilines is 5. The monoisotopic (exact) mass is 732 g/mol. The van der Waals surface area contributed by atoms with Crippen LogP contribution < -0.4 is 16.4 Å². The Morgan fingerprint density at radius 3 is 2.23 bits per heavy atom. The topological polar surface area (TPSA) is 245 Å². The molecule has 1 heterocycles. The average Bonchev–Trinajstić information content (AvgIpc) is 3.06. The van der Waals surface area contributed by atoms with Crippen LogP contribution in [0.25, 0.3) is 10.8 Å². The number of aromatic nitrogens is 3. The van der Waals surface area contributed by atoms with Crippen molar-refractivity contribution in [1.82, 2.24) is 15.0 Å². The van der Waals surface area contributed by atoms with E-state index < -0.39 is 9.84 Å². The van der Waals surface area contributed by atoms with Crippen LogP contribution in [0.15, 0.2) is 104 Å². The lowest BCUT2D eigenvalue weighted by atomic mass is 10.1. The van der Waals surface area contributed by atoms with E-state index in [0.717, 1.165) is 5.41 Å². The Kier molecular flexibility index (Phi) is 11.2. The van der Waals surface area contributed by atoms with Gasteiger partial charge in [-0.3, -0.25) is 0 Å². The Morgan fingerprint density at radius 2 is 1.54 bits per heavy atom. The third-order valence-corrected chi connectivity index (χ3v) is 8.86. The number of nitrogen functional groups attached to an aromatic ring is 1. The maximum Gasteiger partial charge on any atom is 0.233 e. The summed E-state index contributed by atoms with van der Waals surface area (Å²) < 4.78 is 33.0. The Hall–Kier alpha value is -4.61. The first kappa shape index (κ1) is 34.7. The molecule has 5 aromatic rings. The summed E-state index contributed by atoms with van der Waals surface area (Å²) in [5, 5.41) is 51.3. The number of rotatable bonds is 14. The van der Waals surface area contributed by atoms with Crippen LogP contribution in [0.5, 0.6) is 5.75 Å². The minimum absolute atomic E-state index is 0.0421. The van der Waals surface area contributed by atoms with E-state index in [1.54, 1.807) is 36.4 Å². The first-order chi connectivity index (χ1) is 23.1. The van der Waals surface area contributed by atoms with Gasteiger partial charge in [0, 0.05) is 21.7 Å². The quantitative estimate of drug-likeness (QED) is 0.0211. The van der Waals surface area contributed by atoms with E-state index in [9.17, 15) is 13.5 Å². The number of aromatic hydroxyl groups is 1. The minimum atomic E-state index is -3.59. The van der Waals surface area contributed by atoms with E-state index in [1.165, 1.54) is 30.3 Å². The molecule has 0 bridgehead atoms. The SMILES string of the molecule is C=CS(=O)(=O)c1ccc(Nc2nc(Cl)nc(Nc3ccc(/N=N/c4c(N)ccc5cc(SOOO)cc(O)c45)c(SOOO)c3)n2)cc1. The summed E-state index contributed by atoms with van der Waals surface area (Å²) in [6.07, 6.45) is 0. The minimum Gasteiger partial charge on any atom is -0.507 e. The van der Waals surface area contributed by atoms with E-state index in [1.807, 2.05) is 0 Å². The number of phenols is 1. The summed E-state index contributed by atoms with van der Waals surface area (Å²) in [4.78, 5) is 13.2. The Balaban J connectivity index is 1.40. The Labute approximate surface area is 284 Å². The first-order valence-electron chi connectivity index (χ1n) is 12.9. The molecule has 48 heavy (non-hydrogen) atoms. The molecule has 0 amide bonds. The van der Waals surface area contributed by atoms with Crippen LogP contribution in [0.2, 0.25) is 5.28 Å². The van der Waals surface area contributed by atoms with Gasteiger partial charge in [0.25, 0.3) is 0 Å². The van der Waals surface area contributed by atoms with Gasteiger partial charge >= 0.3 is 0 Å². The van der Waals surface area contributed by atoms with Crippen LogP contribution in [0.1, 0.15) is 0 Å². The molecule has 0 fully saturated rings. The molecular weight excluding hydrogens is 712 g/mol. The summed E-state index contributed by atoms with van der Waals surface area (Å²) in [5.74, 6) is -0.0864. The van der Waals surface area contributed by atoms with Gasteiger partial charge in [0.15, 0.2) is 9.84 Å². The lowest BCUT2D eigenvalue weighted by molar-refractivity contribution is -0.432. The highest BCUT2D eigenvalue weighted by molar-refractivity contribution is 7.95. The van der Waals surface area contributed by atoms with Gasteiger partial charge < -0.3 is 21.5 Å². The molecule has 248 valence electrons. The van der Waals surface area contributed by atoms with E-state index >= 15 is 0 Å². The highest BCUT2D eigenvalue weighted by atomic mass is 35.5. The number of nitrogens with two attached hydrogens (primary N) is 1. The maximum atomic E-state index is 12.0. The molecule has 4 aromatic carbocycles. The number of phenolic OH excluding ortho intramolecular Hbond substituents is 1. The molecule has 1 aromatic heterocycles. The molecular formula is C27H21ClN8O9S3. The molecule has 17 nitrogen and oxygen atoms in total. The second kappa shape index (κ2) is 15.5. The fraction of sp³-hybridized carbons (Fsp3) is 0. The number of azo groups is 1. The molecule has 5 rings (SSSR count). The predicted octanol–water partition coefficient (Wildman–Crippen LogP) is 7.64. The summed E-state index contributed by atoms with van der Waals surface area (Å²) in [5.41, 5.74) is 7.69. The number of benzene rings is 4. The van der Waals surface area contributed by atoms with Crippen molar-refractivity contribution in [3.8, 4) is 5.75 Å². The molecule has 0 saturated heterocycles. The zero-order valence-electron chi connectivity index (χ0n) is 23.8. The van der Waals surface area contributed by atoms with Gasteiger partial charge in [-0.05, 0) is 77.7 Å². The van der Waals surface area contributed by atoms with Gasteiger partial charge in [0.2, 0.25) is 17.2 Å². The Bertz CT molecular complexity index is 2110. The summed E-state index contributed by atoms with van der Waals surface area (Å²) in [6, 6.07) is 16.8. The van der Waals surface area contributed by atoms with E-state index in [4.69, 9.17) is 27.8 Å². The number of fused-ring (bicyclic) bond motifs is 1. The van der Waals surface area contributed by atoms with Crippen molar-refractivity contribution in [2.24, 2.45) is 10.2 Å².